The van der Waals surface area contributed by atoms with Crippen LogP contribution < -0.4 is 10.6 Å². The second-order valence-electron chi connectivity index (χ2n) is 6.18. The van der Waals surface area contributed by atoms with Crippen LogP contribution >= 0.6 is 0 Å². The van der Waals surface area contributed by atoms with Gasteiger partial charge in [-0.3, -0.25) is 9.59 Å². The van der Waals surface area contributed by atoms with Gasteiger partial charge in [0.2, 0.25) is 5.91 Å². The van der Waals surface area contributed by atoms with Crippen molar-refractivity contribution in [3.8, 4) is 0 Å². The molecule has 0 unspecified atom stereocenters. The van der Waals surface area contributed by atoms with Crippen LogP contribution in [0.2, 0.25) is 0 Å². The Bertz CT molecular complexity index is 724. The molecule has 0 aliphatic rings. The molecule has 0 saturated carbocycles. The standard InChI is InChI=1S/C20H24N2O3/c1-14(2)21-19(23)12-15-7-9-18(10-8-15)22-20(24)17-6-4-5-16(11-17)13-25-3/h4-11,14H,12-13H2,1-3H3,(H,21,23)(H,22,24). The first-order chi connectivity index (χ1) is 12.0. The van der Waals surface area contributed by atoms with Crippen LogP contribution in [0.5, 0.6) is 0 Å². The summed E-state index contributed by atoms with van der Waals surface area (Å²) in [5, 5.41) is 5.72. The van der Waals surface area contributed by atoms with Crippen LogP contribution in [0.15, 0.2) is 48.5 Å². The highest BCUT2D eigenvalue weighted by molar-refractivity contribution is 6.04. The molecule has 0 spiro atoms. The summed E-state index contributed by atoms with van der Waals surface area (Å²) < 4.78 is 5.09. The largest absolute Gasteiger partial charge is 0.380 e. The number of ether oxygens (including phenoxy) is 1. The zero-order chi connectivity index (χ0) is 18.2. The summed E-state index contributed by atoms with van der Waals surface area (Å²) in [6, 6.07) is 14.7. The first-order valence-corrected chi connectivity index (χ1v) is 8.25. The number of carbonyl (C=O) groups excluding carboxylic acids is 2. The summed E-state index contributed by atoms with van der Waals surface area (Å²) in [6.07, 6.45) is 0.325. The van der Waals surface area contributed by atoms with Crippen LogP contribution in [-0.2, 0) is 22.6 Å². The summed E-state index contributed by atoms with van der Waals surface area (Å²) in [6.45, 7) is 4.32. The minimum absolute atomic E-state index is 0.0123. The van der Waals surface area contributed by atoms with Crippen LogP contribution in [0.4, 0.5) is 5.69 Å². The third kappa shape index (κ3) is 6.04. The van der Waals surface area contributed by atoms with Crippen molar-refractivity contribution in [2.45, 2.75) is 32.9 Å². The number of nitrogens with one attached hydrogen (secondary N) is 2. The molecule has 0 saturated heterocycles. The van der Waals surface area contributed by atoms with Crippen LogP contribution in [-0.4, -0.2) is 25.0 Å². The Hall–Kier alpha value is -2.66. The van der Waals surface area contributed by atoms with Gasteiger partial charge in [-0.05, 0) is 49.2 Å². The average molecular weight is 340 g/mol. The predicted octanol–water partition coefficient (Wildman–Crippen LogP) is 3.15. The Balaban J connectivity index is 1.97. The van der Waals surface area contributed by atoms with Gasteiger partial charge in [0.05, 0.1) is 13.0 Å². The fraction of sp³-hybridized carbons (Fsp3) is 0.300. The first kappa shape index (κ1) is 18.7. The van der Waals surface area contributed by atoms with Crippen molar-refractivity contribution in [1.82, 2.24) is 5.32 Å². The molecule has 0 bridgehead atoms. The van der Waals surface area contributed by atoms with Crippen molar-refractivity contribution in [3.05, 3.63) is 65.2 Å². The molecule has 0 atom stereocenters. The van der Waals surface area contributed by atoms with Crippen molar-refractivity contribution in [2.24, 2.45) is 0 Å². The molecule has 0 aromatic heterocycles. The van der Waals surface area contributed by atoms with Crippen molar-refractivity contribution >= 4 is 17.5 Å². The smallest absolute Gasteiger partial charge is 0.255 e. The van der Waals surface area contributed by atoms with E-state index >= 15 is 0 Å². The maximum atomic E-state index is 12.3. The Morgan fingerprint density at radius 1 is 1.04 bits per heavy atom. The molecule has 0 aliphatic carbocycles. The van der Waals surface area contributed by atoms with Crippen LogP contribution in [0, 0.1) is 0 Å². The van der Waals surface area contributed by atoms with Crippen molar-refractivity contribution < 1.29 is 14.3 Å². The Labute approximate surface area is 148 Å². The zero-order valence-corrected chi connectivity index (χ0v) is 14.8. The van der Waals surface area contributed by atoms with E-state index in [9.17, 15) is 9.59 Å². The lowest BCUT2D eigenvalue weighted by Crippen LogP contribution is -2.31. The highest BCUT2D eigenvalue weighted by Gasteiger charge is 2.08. The van der Waals surface area contributed by atoms with E-state index in [1.54, 1.807) is 25.3 Å². The molecule has 2 aromatic rings. The maximum absolute atomic E-state index is 12.3. The molecule has 2 aromatic carbocycles. The highest BCUT2D eigenvalue weighted by atomic mass is 16.5. The van der Waals surface area contributed by atoms with Crippen LogP contribution in [0.25, 0.3) is 0 Å². The van der Waals surface area contributed by atoms with Crippen molar-refractivity contribution in [1.29, 1.82) is 0 Å². The first-order valence-electron chi connectivity index (χ1n) is 8.25. The molecule has 25 heavy (non-hydrogen) atoms. The van der Waals surface area contributed by atoms with Gasteiger partial charge in [-0.25, -0.2) is 0 Å². The second-order valence-corrected chi connectivity index (χ2v) is 6.18. The lowest BCUT2D eigenvalue weighted by molar-refractivity contribution is -0.120. The summed E-state index contributed by atoms with van der Waals surface area (Å²) in [5.74, 6) is -0.190. The monoisotopic (exact) mass is 340 g/mol. The van der Waals surface area contributed by atoms with E-state index in [1.807, 2.05) is 44.2 Å². The highest BCUT2D eigenvalue weighted by Crippen LogP contribution is 2.13. The maximum Gasteiger partial charge on any atom is 0.255 e. The molecule has 132 valence electrons. The predicted molar refractivity (Wildman–Crippen MR) is 98.5 cm³/mol. The van der Waals surface area contributed by atoms with Gasteiger partial charge in [0.1, 0.15) is 0 Å². The number of rotatable bonds is 7. The van der Waals surface area contributed by atoms with Gasteiger partial charge in [-0.2, -0.15) is 0 Å². The summed E-state index contributed by atoms with van der Waals surface area (Å²) >= 11 is 0. The minimum Gasteiger partial charge on any atom is -0.380 e. The Kier molecular flexibility index (Phi) is 6.71. The molecule has 5 heteroatoms. The van der Waals surface area contributed by atoms with E-state index in [1.165, 1.54) is 0 Å². The van der Waals surface area contributed by atoms with E-state index in [2.05, 4.69) is 10.6 Å². The Morgan fingerprint density at radius 2 is 1.76 bits per heavy atom. The molecule has 0 radical (unpaired) electrons. The van der Waals surface area contributed by atoms with Gasteiger partial charge in [0, 0.05) is 24.4 Å². The van der Waals surface area contributed by atoms with Crippen LogP contribution in [0.1, 0.15) is 35.3 Å². The molecule has 0 aliphatic heterocycles. The molecule has 0 fully saturated rings. The van der Waals surface area contributed by atoms with E-state index in [-0.39, 0.29) is 17.9 Å². The Morgan fingerprint density at radius 3 is 2.40 bits per heavy atom. The van der Waals surface area contributed by atoms with E-state index in [0.717, 1.165) is 11.1 Å². The number of amides is 2. The van der Waals surface area contributed by atoms with Gasteiger partial charge in [0.15, 0.2) is 0 Å². The number of carbonyl (C=O) groups is 2. The van der Waals surface area contributed by atoms with E-state index < -0.39 is 0 Å². The van der Waals surface area contributed by atoms with Crippen LogP contribution in [0.3, 0.4) is 0 Å². The topological polar surface area (TPSA) is 67.4 Å². The van der Waals surface area contributed by atoms with Gasteiger partial charge in [0.25, 0.3) is 5.91 Å². The molecule has 2 N–H and O–H groups in total. The molecule has 0 heterocycles. The van der Waals surface area contributed by atoms with E-state index in [0.29, 0.717) is 24.3 Å². The number of hydrogen-bond acceptors (Lipinski definition) is 3. The lowest BCUT2D eigenvalue weighted by Gasteiger charge is -2.09. The molecular formula is C20H24N2O3. The number of anilines is 1. The van der Waals surface area contributed by atoms with Gasteiger partial charge in [-0.1, -0.05) is 24.3 Å². The van der Waals surface area contributed by atoms with E-state index in [4.69, 9.17) is 4.74 Å². The van der Waals surface area contributed by atoms with Gasteiger partial charge >= 0.3 is 0 Å². The lowest BCUT2D eigenvalue weighted by atomic mass is 10.1. The van der Waals surface area contributed by atoms with Crippen molar-refractivity contribution in [2.75, 3.05) is 12.4 Å². The number of methoxy groups -OCH3 is 1. The van der Waals surface area contributed by atoms with Gasteiger partial charge < -0.3 is 15.4 Å². The number of hydrogen-bond donors (Lipinski definition) is 2. The molecule has 5 nitrogen and oxygen atoms in total. The van der Waals surface area contributed by atoms with Crippen molar-refractivity contribution in [3.63, 3.8) is 0 Å². The minimum atomic E-state index is -0.178. The molecule has 2 rings (SSSR count). The molecule has 2 amide bonds. The SMILES string of the molecule is COCc1cccc(C(=O)Nc2ccc(CC(=O)NC(C)C)cc2)c1. The summed E-state index contributed by atoms with van der Waals surface area (Å²) in [5.41, 5.74) is 3.12. The fourth-order valence-electron chi connectivity index (χ4n) is 2.44. The number of benzene rings is 2. The van der Waals surface area contributed by atoms with Gasteiger partial charge in [-0.15, -0.1) is 0 Å². The second kappa shape index (κ2) is 8.99. The fourth-order valence-corrected chi connectivity index (χ4v) is 2.44. The summed E-state index contributed by atoms with van der Waals surface area (Å²) in [4.78, 5) is 24.1. The third-order valence-corrected chi connectivity index (χ3v) is 3.53. The third-order valence-electron chi connectivity index (χ3n) is 3.53. The summed E-state index contributed by atoms with van der Waals surface area (Å²) in [7, 11) is 1.62. The normalized spacial score (nSPS) is 10.6. The molecular weight excluding hydrogens is 316 g/mol. The quantitative estimate of drug-likeness (QED) is 0.813. The zero-order valence-electron chi connectivity index (χ0n) is 14.8. The average Bonchev–Trinajstić information content (AvgIpc) is 2.56.